The molecular formula is C15H6Cl4F6O6S2. The van der Waals surface area contributed by atoms with Crippen molar-refractivity contribution in [3.63, 3.8) is 0 Å². The minimum absolute atomic E-state index is 0.239. The average molecular weight is 602 g/mol. The molecule has 0 fully saturated rings. The Morgan fingerprint density at radius 1 is 0.606 bits per heavy atom. The van der Waals surface area contributed by atoms with E-state index in [1.54, 1.807) is 0 Å². The highest BCUT2D eigenvalue weighted by molar-refractivity contribution is 7.87. The van der Waals surface area contributed by atoms with Crippen LogP contribution in [0.2, 0.25) is 20.1 Å². The summed E-state index contributed by atoms with van der Waals surface area (Å²) in [6, 6.07) is 0.956. The lowest BCUT2D eigenvalue weighted by molar-refractivity contribution is -0.138. The molecule has 6 nitrogen and oxygen atoms in total. The first kappa shape index (κ1) is 28.2. The van der Waals surface area contributed by atoms with E-state index in [-0.39, 0.29) is 24.3 Å². The Hall–Kier alpha value is -1.00. The van der Waals surface area contributed by atoms with Gasteiger partial charge in [0.1, 0.15) is 9.79 Å². The first-order valence-corrected chi connectivity index (χ1v) is 12.0. The molecule has 2 aromatic rings. The molecule has 184 valence electrons. The average Bonchev–Trinajstić information content (AvgIpc) is 2.57. The molecule has 0 aliphatic heterocycles. The molecule has 2 rings (SSSR count). The van der Waals surface area contributed by atoms with Gasteiger partial charge in [0.2, 0.25) is 0 Å². The fourth-order valence-corrected chi connectivity index (χ4v) is 6.13. The van der Waals surface area contributed by atoms with E-state index in [9.17, 15) is 43.2 Å². The number of halogens is 10. The highest BCUT2D eigenvalue weighted by Crippen LogP contribution is 2.40. The van der Waals surface area contributed by atoms with Gasteiger partial charge in [-0.25, -0.2) is 8.37 Å². The number of hydrogen-bond donors (Lipinski definition) is 0. The molecule has 33 heavy (non-hydrogen) atoms. The van der Waals surface area contributed by atoms with E-state index in [0.717, 1.165) is 0 Å². The number of rotatable bonds is 6. The molecule has 0 unspecified atom stereocenters. The topological polar surface area (TPSA) is 86.7 Å². The highest BCUT2D eigenvalue weighted by atomic mass is 35.5. The summed E-state index contributed by atoms with van der Waals surface area (Å²) in [5.41, 5.74) is -2.75. The minimum Gasteiger partial charge on any atom is -0.236 e. The van der Waals surface area contributed by atoms with Gasteiger partial charge in [0.05, 0.1) is 31.2 Å². The van der Waals surface area contributed by atoms with Crippen molar-refractivity contribution in [3.8, 4) is 0 Å². The second-order valence-corrected chi connectivity index (χ2v) is 10.5. The zero-order valence-corrected chi connectivity index (χ0v) is 19.7. The molecule has 0 bridgehead atoms. The third-order valence-corrected chi connectivity index (χ3v) is 7.89. The molecule has 2 aromatic carbocycles. The van der Waals surface area contributed by atoms with Gasteiger partial charge in [-0.3, -0.25) is 0 Å². The van der Waals surface area contributed by atoms with Gasteiger partial charge in [-0.15, -0.1) is 0 Å². The second-order valence-electron chi connectivity index (χ2n) is 5.80. The fourth-order valence-electron chi connectivity index (χ4n) is 2.19. The zero-order chi connectivity index (χ0) is 25.6. The highest BCUT2D eigenvalue weighted by Gasteiger charge is 2.36. The molecule has 0 spiro atoms. The van der Waals surface area contributed by atoms with Crippen LogP contribution in [-0.4, -0.2) is 23.6 Å². The maximum absolute atomic E-state index is 12.8. The van der Waals surface area contributed by atoms with Crippen LogP contribution in [0.3, 0.4) is 0 Å². The van der Waals surface area contributed by atoms with Crippen molar-refractivity contribution in [2.45, 2.75) is 22.1 Å². The fraction of sp³-hybridized carbons (Fsp3) is 0.200. The molecular weight excluding hydrogens is 596 g/mol. The van der Waals surface area contributed by atoms with Crippen LogP contribution in [0.5, 0.6) is 0 Å². The summed E-state index contributed by atoms with van der Waals surface area (Å²) in [5.74, 6) is 0. The Labute approximate surface area is 202 Å². The molecule has 0 heterocycles. The summed E-state index contributed by atoms with van der Waals surface area (Å²) in [7, 11) is -10.1. The predicted octanol–water partition coefficient (Wildman–Crippen LogP) is 6.41. The maximum atomic E-state index is 12.8. The Morgan fingerprint density at radius 2 is 0.848 bits per heavy atom. The van der Waals surface area contributed by atoms with Crippen LogP contribution in [0.1, 0.15) is 11.1 Å². The van der Waals surface area contributed by atoms with Crippen molar-refractivity contribution < 1.29 is 51.5 Å². The van der Waals surface area contributed by atoms with Crippen molar-refractivity contribution in [2.24, 2.45) is 0 Å². The summed E-state index contributed by atoms with van der Waals surface area (Å²) < 4.78 is 134. The van der Waals surface area contributed by atoms with Gasteiger partial charge in [-0.2, -0.15) is 43.2 Å². The molecule has 0 saturated heterocycles. The van der Waals surface area contributed by atoms with Crippen molar-refractivity contribution in [2.75, 3.05) is 6.79 Å². The number of hydrogen-bond acceptors (Lipinski definition) is 6. The third-order valence-electron chi connectivity index (χ3n) is 3.56. The normalized spacial score (nSPS) is 13.4. The lowest BCUT2D eigenvalue weighted by Gasteiger charge is -2.14. The molecule has 0 radical (unpaired) electrons. The van der Waals surface area contributed by atoms with E-state index >= 15 is 0 Å². The second kappa shape index (κ2) is 9.57. The Morgan fingerprint density at radius 3 is 1.06 bits per heavy atom. The van der Waals surface area contributed by atoms with Crippen molar-refractivity contribution in [3.05, 3.63) is 55.5 Å². The van der Waals surface area contributed by atoms with Gasteiger partial charge in [-0.1, -0.05) is 46.4 Å². The van der Waals surface area contributed by atoms with Crippen molar-refractivity contribution >= 4 is 66.6 Å². The van der Waals surface area contributed by atoms with E-state index in [2.05, 4.69) is 8.37 Å². The first-order valence-electron chi connectivity index (χ1n) is 7.68. The summed E-state index contributed by atoms with van der Waals surface area (Å²) in [5, 5.41) is -3.98. The smallest absolute Gasteiger partial charge is 0.236 e. The predicted molar refractivity (Wildman–Crippen MR) is 104 cm³/mol. The van der Waals surface area contributed by atoms with Crippen molar-refractivity contribution in [1.82, 2.24) is 0 Å². The first-order chi connectivity index (χ1) is 14.8. The van der Waals surface area contributed by atoms with Gasteiger partial charge in [-0.05, 0) is 24.3 Å². The molecule has 0 saturated carbocycles. The van der Waals surface area contributed by atoms with Gasteiger partial charge in [0.25, 0.3) is 0 Å². The number of alkyl halides is 6. The summed E-state index contributed by atoms with van der Waals surface area (Å²) in [6.45, 7) is -1.62. The molecule has 0 aromatic heterocycles. The summed E-state index contributed by atoms with van der Waals surface area (Å²) >= 11 is 22.2. The van der Waals surface area contributed by atoms with Gasteiger partial charge in [0, 0.05) is 0 Å². The zero-order valence-electron chi connectivity index (χ0n) is 15.1. The Bertz CT molecular complexity index is 1150. The standard InChI is InChI=1S/C15H6Cl4F6O6S2/c16-8-1-6(14(20,21)22)2-9(17)12(8)32(26,27)30-5-31-33(28,29)13-10(18)3-7(4-11(13)19)15(23,24)25/h1-4H,5H2. The lowest BCUT2D eigenvalue weighted by atomic mass is 10.2. The van der Waals surface area contributed by atoms with Gasteiger partial charge >= 0.3 is 32.6 Å². The van der Waals surface area contributed by atoms with E-state index < -0.39 is 80.4 Å². The van der Waals surface area contributed by atoms with Crippen LogP contribution in [0, 0.1) is 0 Å². The van der Waals surface area contributed by atoms with Crippen LogP contribution < -0.4 is 0 Å². The van der Waals surface area contributed by atoms with Gasteiger partial charge in [0.15, 0.2) is 6.79 Å². The molecule has 18 heteroatoms. The maximum Gasteiger partial charge on any atom is 0.416 e. The minimum atomic E-state index is -5.07. The summed E-state index contributed by atoms with van der Waals surface area (Å²) in [6.07, 6.45) is -9.82. The lowest BCUT2D eigenvalue weighted by Crippen LogP contribution is -2.16. The van der Waals surface area contributed by atoms with Crippen LogP contribution in [0.25, 0.3) is 0 Å². The monoisotopic (exact) mass is 600 g/mol. The SMILES string of the molecule is O=S(=O)(OCOS(=O)(=O)c1c(Cl)cc(C(F)(F)F)cc1Cl)c1c(Cl)cc(C(F)(F)F)cc1Cl. The quantitative estimate of drug-likeness (QED) is 0.216. The van der Waals surface area contributed by atoms with E-state index in [0.29, 0.717) is 0 Å². The number of benzene rings is 2. The largest absolute Gasteiger partial charge is 0.416 e. The summed E-state index contributed by atoms with van der Waals surface area (Å²) in [4.78, 5) is -2.24. The van der Waals surface area contributed by atoms with E-state index in [4.69, 9.17) is 46.4 Å². The van der Waals surface area contributed by atoms with Crippen LogP contribution in [-0.2, 0) is 41.0 Å². The Kier molecular flexibility index (Phi) is 8.19. The van der Waals surface area contributed by atoms with Crippen molar-refractivity contribution in [1.29, 1.82) is 0 Å². The van der Waals surface area contributed by atoms with Gasteiger partial charge < -0.3 is 0 Å². The van der Waals surface area contributed by atoms with Crippen LogP contribution in [0.4, 0.5) is 26.3 Å². The molecule has 0 N–H and O–H groups in total. The van der Waals surface area contributed by atoms with E-state index in [1.165, 1.54) is 0 Å². The molecule has 0 aliphatic rings. The van der Waals surface area contributed by atoms with E-state index in [1.807, 2.05) is 0 Å². The molecule has 0 amide bonds. The third kappa shape index (κ3) is 6.57. The molecule has 0 aliphatic carbocycles. The molecule has 0 atom stereocenters. The van der Waals surface area contributed by atoms with Crippen LogP contribution in [0.15, 0.2) is 34.1 Å². The Balaban J connectivity index is 2.28. The van der Waals surface area contributed by atoms with Crippen LogP contribution >= 0.6 is 46.4 Å².